The molecular weight excluding hydrogens is 446 g/mol. The summed E-state index contributed by atoms with van der Waals surface area (Å²) in [5.74, 6) is 0. The molecule has 0 unspecified atom stereocenters. The average Bonchev–Trinajstić information content (AvgIpc) is 2.28. The molecule has 14 heteroatoms. The van der Waals surface area contributed by atoms with Crippen molar-refractivity contribution in [2.75, 3.05) is 26.4 Å². The van der Waals surface area contributed by atoms with Gasteiger partial charge in [-0.2, -0.15) is 0 Å². The van der Waals surface area contributed by atoms with Gasteiger partial charge in [0.2, 0.25) is 0 Å². The maximum Gasteiger partial charge on any atom is 2.00 e. The van der Waals surface area contributed by atoms with E-state index < -0.39 is 25.2 Å². The van der Waals surface area contributed by atoms with Gasteiger partial charge in [0, 0.05) is 0 Å². The molecular formula is C8H10CdF10O3. The van der Waals surface area contributed by atoms with Crippen molar-refractivity contribution in [1.29, 1.82) is 0 Å². The maximum absolute atomic E-state index is 10.4. The normalized spacial score (nSPS) is 11.2. The number of rotatable bonds is 4. The number of aliphatic hydroxyl groups is 2. The fraction of sp³-hybridized carbons (Fsp3) is 0.750. The number of halogens is 10. The summed E-state index contributed by atoms with van der Waals surface area (Å²) in [6, 6.07) is 0. The third kappa shape index (κ3) is 28.3. The van der Waals surface area contributed by atoms with E-state index in [1.807, 2.05) is 0 Å². The minimum atomic E-state index is -5.42. The number of hydrogen-bond acceptors (Lipinski definition) is 3. The first-order valence-corrected chi connectivity index (χ1v) is 4.60. The van der Waals surface area contributed by atoms with Crippen LogP contribution in [0.4, 0.5) is 43.9 Å². The van der Waals surface area contributed by atoms with E-state index in [9.17, 15) is 43.9 Å². The van der Waals surface area contributed by atoms with Crippen molar-refractivity contribution in [2.45, 2.75) is 12.4 Å². The van der Waals surface area contributed by atoms with Gasteiger partial charge >= 0.3 is 39.7 Å². The Kier molecular flexibility index (Phi) is 21.8. The molecule has 0 aromatic rings. The number of ether oxygens (including phenoxy) is 1. The van der Waals surface area contributed by atoms with E-state index >= 15 is 0 Å². The SMILES string of the molecule is F[C-](F)C(F)(F)F.F[C-](F)C(F)(F)F.OCCOCCO.[Cd+2]. The van der Waals surface area contributed by atoms with Gasteiger partial charge < -0.3 is 32.5 Å². The second kappa shape index (κ2) is 16.0. The molecule has 22 heavy (non-hydrogen) atoms. The molecule has 0 saturated heterocycles. The van der Waals surface area contributed by atoms with Crippen LogP contribution in [0.2, 0.25) is 0 Å². The second-order valence-electron chi connectivity index (χ2n) is 2.58. The Bertz CT molecular complexity index is 199. The molecule has 0 aliphatic heterocycles. The van der Waals surface area contributed by atoms with Gasteiger partial charge in [0.25, 0.3) is 0 Å². The number of aliphatic hydroxyl groups excluding tert-OH is 2. The van der Waals surface area contributed by atoms with Crippen molar-refractivity contribution in [3.63, 3.8) is 0 Å². The van der Waals surface area contributed by atoms with Crippen LogP contribution < -0.4 is 0 Å². The van der Waals surface area contributed by atoms with E-state index in [4.69, 9.17) is 10.2 Å². The van der Waals surface area contributed by atoms with Gasteiger partial charge in [-0.1, -0.05) is 0 Å². The van der Waals surface area contributed by atoms with Crippen molar-refractivity contribution in [1.82, 2.24) is 0 Å². The monoisotopic (exact) mass is 458 g/mol. The molecule has 0 saturated carbocycles. The van der Waals surface area contributed by atoms with Crippen LogP contribution in [0.3, 0.4) is 0 Å². The molecule has 0 bridgehead atoms. The molecule has 0 spiro atoms. The molecule has 132 valence electrons. The molecule has 0 aromatic heterocycles. The minimum absolute atomic E-state index is 0. The van der Waals surface area contributed by atoms with Crippen LogP contribution in [0.5, 0.6) is 0 Å². The van der Waals surface area contributed by atoms with E-state index in [1.165, 1.54) is 0 Å². The summed E-state index contributed by atoms with van der Waals surface area (Å²) >= 11 is 0. The molecule has 3 nitrogen and oxygen atoms in total. The Morgan fingerprint density at radius 1 is 0.682 bits per heavy atom. The fourth-order valence-electron chi connectivity index (χ4n) is 0.231. The Labute approximate surface area is 138 Å². The second-order valence-corrected chi connectivity index (χ2v) is 2.58. The van der Waals surface area contributed by atoms with Gasteiger partial charge in [-0.25, -0.2) is 26.3 Å². The molecule has 0 fully saturated rings. The average molecular weight is 457 g/mol. The zero-order chi connectivity index (χ0) is 17.7. The summed E-state index contributed by atoms with van der Waals surface area (Å²) in [4.78, 5) is 0. The van der Waals surface area contributed by atoms with Gasteiger partial charge in [0.05, 0.1) is 26.4 Å². The summed E-state index contributed by atoms with van der Waals surface area (Å²) in [6.07, 6.45) is -17.8. The van der Waals surface area contributed by atoms with Gasteiger partial charge in [0.15, 0.2) is 0 Å². The first-order chi connectivity index (χ1) is 9.30. The van der Waals surface area contributed by atoms with Crippen molar-refractivity contribution < 1.29 is 86.2 Å². The van der Waals surface area contributed by atoms with Crippen molar-refractivity contribution >= 4 is 0 Å². The topological polar surface area (TPSA) is 49.7 Å². The van der Waals surface area contributed by atoms with E-state index in [1.54, 1.807) is 0 Å². The van der Waals surface area contributed by atoms with E-state index in [-0.39, 0.29) is 40.5 Å². The maximum atomic E-state index is 10.4. The standard InChI is InChI=1S/C4H10O3.2C2F5.Cd/c5-1-3-7-4-2-6;2*3-1(4)2(5,6)7;/h5-6H,1-4H2;;;/q;2*-1;+2. The summed E-state index contributed by atoms with van der Waals surface area (Å²) in [5.41, 5.74) is 0. The van der Waals surface area contributed by atoms with Crippen LogP contribution in [0, 0.1) is 12.9 Å². The minimum Gasteiger partial charge on any atom is -0.412 e. The number of hydrogen-bond donors (Lipinski definition) is 2. The van der Waals surface area contributed by atoms with Crippen molar-refractivity contribution in [3.05, 3.63) is 12.9 Å². The van der Waals surface area contributed by atoms with Gasteiger partial charge in [-0.15, -0.1) is 0 Å². The molecule has 0 aromatic carbocycles. The Morgan fingerprint density at radius 2 is 0.864 bits per heavy atom. The van der Waals surface area contributed by atoms with E-state index in [0.29, 0.717) is 13.2 Å². The zero-order valence-electron chi connectivity index (χ0n) is 10.6. The Balaban J connectivity index is -0.000000108. The molecule has 0 rings (SSSR count). The first kappa shape index (κ1) is 30.0. The molecule has 0 radical (unpaired) electrons. The van der Waals surface area contributed by atoms with Crippen LogP contribution in [-0.2, 0) is 32.0 Å². The third-order valence-corrected chi connectivity index (χ3v) is 0.900. The smallest absolute Gasteiger partial charge is 0.412 e. The Hall–Kier alpha value is 0.102. The largest absolute Gasteiger partial charge is 2.00 e. The van der Waals surface area contributed by atoms with Crippen LogP contribution >= 0.6 is 0 Å². The van der Waals surface area contributed by atoms with Crippen LogP contribution in [0.15, 0.2) is 0 Å². The summed E-state index contributed by atoms with van der Waals surface area (Å²) in [5, 5.41) is 16.2. The molecule has 2 N–H and O–H groups in total. The van der Waals surface area contributed by atoms with E-state index in [0.717, 1.165) is 0 Å². The molecule has 0 atom stereocenters. The van der Waals surface area contributed by atoms with Crippen LogP contribution in [0.1, 0.15) is 0 Å². The summed E-state index contributed by atoms with van der Waals surface area (Å²) in [6.45, 7) is 0.696. The summed E-state index contributed by atoms with van der Waals surface area (Å²) in [7, 11) is 0. The first-order valence-electron chi connectivity index (χ1n) is 4.60. The molecule has 0 aliphatic rings. The van der Waals surface area contributed by atoms with Crippen molar-refractivity contribution in [3.8, 4) is 0 Å². The van der Waals surface area contributed by atoms with Gasteiger partial charge in [0.1, 0.15) is 12.9 Å². The quantitative estimate of drug-likeness (QED) is 0.296. The third-order valence-electron chi connectivity index (χ3n) is 0.900. The predicted octanol–water partition coefficient (Wildman–Crippen LogP) is 2.94. The van der Waals surface area contributed by atoms with E-state index in [2.05, 4.69) is 4.74 Å². The Morgan fingerprint density at radius 3 is 0.955 bits per heavy atom. The van der Waals surface area contributed by atoms with Crippen LogP contribution in [0.25, 0.3) is 0 Å². The molecule has 0 amide bonds. The zero-order valence-corrected chi connectivity index (χ0v) is 14.7. The summed E-state index contributed by atoms with van der Waals surface area (Å²) < 4.78 is 108. The molecule has 0 aliphatic carbocycles. The van der Waals surface area contributed by atoms with Gasteiger partial charge in [-0.3, -0.25) is 0 Å². The van der Waals surface area contributed by atoms with Gasteiger partial charge in [-0.05, 0) is 0 Å². The molecule has 0 heterocycles. The van der Waals surface area contributed by atoms with Crippen molar-refractivity contribution in [2.24, 2.45) is 0 Å². The van der Waals surface area contributed by atoms with Crippen LogP contribution in [-0.4, -0.2) is 49.0 Å². The predicted molar refractivity (Wildman–Crippen MR) is 48.0 cm³/mol. The number of alkyl halides is 6. The fourth-order valence-corrected chi connectivity index (χ4v) is 0.231.